The van der Waals surface area contributed by atoms with Gasteiger partial charge in [0.25, 0.3) is 0 Å². The lowest BCUT2D eigenvalue weighted by molar-refractivity contribution is 0.147. The highest BCUT2D eigenvalue weighted by atomic mass is 16.4. The Kier molecular flexibility index (Phi) is 4.99. The molecule has 2 amide bonds. The van der Waals surface area contributed by atoms with Gasteiger partial charge in [-0.15, -0.1) is 10.2 Å². The van der Waals surface area contributed by atoms with E-state index in [1.807, 2.05) is 42.6 Å². The number of hydrogen-bond acceptors (Lipinski definition) is 5. The lowest BCUT2D eigenvalue weighted by Gasteiger charge is -2.21. The van der Waals surface area contributed by atoms with E-state index in [1.165, 1.54) is 6.26 Å². The van der Waals surface area contributed by atoms with Crippen LogP contribution in [-0.4, -0.2) is 32.3 Å². The zero-order valence-electron chi connectivity index (χ0n) is 14.1. The number of pyridine rings is 1. The Balaban J connectivity index is 1.66. The predicted octanol–water partition coefficient (Wildman–Crippen LogP) is 2.05. The lowest BCUT2D eigenvalue weighted by Crippen LogP contribution is -2.41. The van der Waals surface area contributed by atoms with Crippen molar-refractivity contribution < 1.29 is 14.3 Å². The molecule has 0 aliphatic carbocycles. The number of aromatic nitrogens is 3. The molecular formula is C17H21N5O3. The van der Waals surface area contributed by atoms with E-state index in [-0.39, 0.29) is 18.5 Å². The van der Waals surface area contributed by atoms with Crippen LogP contribution >= 0.6 is 0 Å². The minimum atomic E-state index is -0.896. The first-order valence-electron chi connectivity index (χ1n) is 8.11. The molecule has 0 saturated carbocycles. The first-order chi connectivity index (χ1) is 12.1. The number of aliphatic hydroxyl groups is 1. The fraction of sp³-hybridized carbons (Fsp3) is 0.353. The van der Waals surface area contributed by atoms with Gasteiger partial charge in [-0.1, -0.05) is 19.9 Å². The fourth-order valence-corrected chi connectivity index (χ4v) is 2.56. The van der Waals surface area contributed by atoms with Crippen molar-refractivity contribution >= 4 is 11.7 Å². The Morgan fingerprint density at radius 1 is 1.28 bits per heavy atom. The molecule has 0 bridgehead atoms. The maximum absolute atomic E-state index is 12.2. The lowest BCUT2D eigenvalue weighted by atomic mass is 10.0. The van der Waals surface area contributed by atoms with E-state index >= 15 is 0 Å². The molecule has 25 heavy (non-hydrogen) atoms. The molecule has 3 heterocycles. The minimum absolute atomic E-state index is 0.0464. The SMILES string of the molecule is CC(C)C(NC(=O)NCC(O)c1ccco1)c1nnc2ccccn12. The monoisotopic (exact) mass is 343 g/mol. The Morgan fingerprint density at radius 2 is 2.12 bits per heavy atom. The number of furan rings is 1. The van der Waals surface area contributed by atoms with E-state index in [0.717, 1.165) is 5.65 Å². The van der Waals surface area contributed by atoms with Crippen molar-refractivity contribution in [3.05, 3.63) is 54.4 Å². The topological polar surface area (TPSA) is 105 Å². The number of fused-ring (bicyclic) bond motifs is 1. The van der Waals surface area contributed by atoms with Gasteiger partial charge < -0.3 is 20.2 Å². The number of urea groups is 1. The number of nitrogens with zero attached hydrogens (tertiary/aromatic N) is 3. The smallest absolute Gasteiger partial charge is 0.315 e. The summed E-state index contributed by atoms with van der Waals surface area (Å²) in [6.07, 6.45) is 2.44. The number of nitrogens with one attached hydrogen (secondary N) is 2. The van der Waals surface area contributed by atoms with Crippen LogP contribution in [0.15, 0.2) is 47.2 Å². The highest BCUT2D eigenvalue weighted by Crippen LogP contribution is 2.20. The quantitative estimate of drug-likeness (QED) is 0.635. The van der Waals surface area contributed by atoms with Gasteiger partial charge in [0.2, 0.25) is 0 Å². The van der Waals surface area contributed by atoms with E-state index < -0.39 is 12.1 Å². The standard InChI is InChI=1S/C17H21N5O3/c1-11(2)15(16-21-20-14-7-3-4-8-22(14)16)19-17(24)18-10-12(23)13-6-5-9-25-13/h3-9,11-12,15,23H,10H2,1-2H3,(H2,18,19,24). The summed E-state index contributed by atoms with van der Waals surface area (Å²) >= 11 is 0. The van der Waals surface area contributed by atoms with Crippen LogP contribution in [0.25, 0.3) is 5.65 Å². The average molecular weight is 343 g/mol. The summed E-state index contributed by atoms with van der Waals surface area (Å²) in [4.78, 5) is 12.2. The summed E-state index contributed by atoms with van der Waals surface area (Å²) in [6, 6.07) is 8.25. The summed E-state index contributed by atoms with van der Waals surface area (Å²) in [5.74, 6) is 1.17. The van der Waals surface area contributed by atoms with E-state index in [9.17, 15) is 9.90 Å². The Hall–Kier alpha value is -2.87. The van der Waals surface area contributed by atoms with Gasteiger partial charge in [0.15, 0.2) is 11.5 Å². The number of amides is 2. The summed E-state index contributed by atoms with van der Waals surface area (Å²) < 4.78 is 6.96. The zero-order valence-corrected chi connectivity index (χ0v) is 14.1. The molecular weight excluding hydrogens is 322 g/mol. The van der Waals surface area contributed by atoms with Crippen LogP contribution in [0.3, 0.4) is 0 Å². The van der Waals surface area contributed by atoms with Gasteiger partial charge in [-0.3, -0.25) is 4.40 Å². The number of aliphatic hydroxyl groups excluding tert-OH is 1. The maximum atomic E-state index is 12.2. The second-order valence-corrected chi connectivity index (χ2v) is 6.09. The molecule has 0 aromatic carbocycles. The van der Waals surface area contributed by atoms with Crippen molar-refractivity contribution in [3.8, 4) is 0 Å². The molecule has 132 valence electrons. The molecule has 3 rings (SSSR count). The Labute approximate surface area is 144 Å². The van der Waals surface area contributed by atoms with Gasteiger partial charge in [0.1, 0.15) is 11.9 Å². The molecule has 8 nitrogen and oxygen atoms in total. The van der Waals surface area contributed by atoms with Crippen LogP contribution in [0.5, 0.6) is 0 Å². The summed E-state index contributed by atoms with van der Waals surface area (Å²) in [5.41, 5.74) is 0.721. The molecule has 0 aliphatic heterocycles. The summed E-state index contributed by atoms with van der Waals surface area (Å²) in [6.45, 7) is 4.03. The number of hydrogen-bond donors (Lipinski definition) is 3. The van der Waals surface area contributed by atoms with Crippen molar-refractivity contribution in [1.82, 2.24) is 25.2 Å². The van der Waals surface area contributed by atoms with E-state index in [1.54, 1.807) is 12.1 Å². The predicted molar refractivity (Wildman–Crippen MR) is 90.8 cm³/mol. The van der Waals surface area contributed by atoms with Crippen molar-refractivity contribution in [2.24, 2.45) is 5.92 Å². The molecule has 8 heteroatoms. The number of rotatable bonds is 6. The molecule has 3 N–H and O–H groups in total. The first kappa shape index (κ1) is 17.0. The van der Waals surface area contributed by atoms with Crippen molar-refractivity contribution in [1.29, 1.82) is 0 Å². The van der Waals surface area contributed by atoms with Crippen molar-refractivity contribution in [2.45, 2.75) is 26.0 Å². The molecule has 2 unspecified atom stereocenters. The van der Waals surface area contributed by atoms with Gasteiger partial charge in [-0.2, -0.15) is 0 Å². The molecule has 3 aromatic heterocycles. The van der Waals surface area contributed by atoms with E-state index in [0.29, 0.717) is 11.6 Å². The Morgan fingerprint density at radius 3 is 2.84 bits per heavy atom. The first-order valence-corrected chi connectivity index (χ1v) is 8.11. The van der Waals surface area contributed by atoms with Crippen molar-refractivity contribution in [3.63, 3.8) is 0 Å². The molecule has 0 aliphatic rings. The van der Waals surface area contributed by atoms with Crippen LogP contribution in [0.2, 0.25) is 0 Å². The van der Waals surface area contributed by atoms with Crippen LogP contribution in [-0.2, 0) is 0 Å². The minimum Gasteiger partial charge on any atom is -0.467 e. The largest absolute Gasteiger partial charge is 0.467 e. The molecule has 0 spiro atoms. The maximum Gasteiger partial charge on any atom is 0.315 e. The number of carbonyl (C=O) groups excluding carboxylic acids is 1. The van der Waals surface area contributed by atoms with Gasteiger partial charge in [-0.05, 0) is 30.2 Å². The number of carbonyl (C=O) groups is 1. The van der Waals surface area contributed by atoms with Crippen LogP contribution < -0.4 is 10.6 Å². The van der Waals surface area contributed by atoms with E-state index in [4.69, 9.17) is 4.42 Å². The van der Waals surface area contributed by atoms with Crippen LogP contribution in [0.1, 0.15) is 37.6 Å². The van der Waals surface area contributed by atoms with Gasteiger partial charge in [0, 0.05) is 6.20 Å². The van der Waals surface area contributed by atoms with Crippen LogP contribution in [0.4, 0.5) is 4.79 Å². The second kappa shape index (κ2) is 7.35. The molecule has 0 radical (unpaired) electrons. The van der Waals surface area contributed by atoms with Crippen molar-refractivity contribution in [2.75, 3.05) is 6.54 Å². The van der Waals surface area contributed by atoms with Crippen LogP contribution in [0, 0.1) is 5.92 Å². The average Bonchev–Trinajstić information content (AvgIpc) is 3.27. The highest BCUT2D eigenvalue weighted by molar-refractivity contribution is 5.74. The molecule has 2 atom stereocenters. The third-order valence-electron chi connectivity index (χ3n) is 3.90. The third kappa shape index (κ3) is 3.80. The van der Waals surface area contributed by atoms with Gasteiger partial charge >= 0.3 is 6.03 Å². The summed E-state index contributed by atoms with van der Waals surface area (Å²) in [5, 5.41) is 23.8. The second-order valence-electron chi connectivity index (χ2n) is 6.09. The normalized spacial score (nSPS) is 13.8. The summed E-state index contributed by atoms with van der Waals surface area (Å²) in [7, 11) is 0. The molecule has 3 aromatic rings. The Bertz CT molecular complexity index is 828. The van der Waals surface area contributed by atoms with E-state index in [2.05, 4.69) is 20.8 Å². The zero-order chi connectivity index (χ0) is 17.8. The van der Waals surface area contributed by atoms with Gasteiger partial charge in [-0.25, -0.2) is 4.79 Å². The third-order valence-corrected chi connectivity index (χ3v) is 3.90. The highest BCUT2D eigenvalue weighted by Gasteiger charge is 2.24. The molecule has 0 saturated heterocycles. The molecule has 0 fully saturated rings. The van der Waals surface area contributed by atoms with Gasteiger partial charge in [0.05, 0.1) is 18.8 Å². The fourth-order valence-electron chi connectivity index (χ4n) is 2.56.